The maximum absolute atomic E-state index is 13.2. The van der Waals surface area contributed by atoms with E-state index in [0.29, 0.717) is 30.4 Å². The van der Waals surface area contributed by atoms with Gasteiger partial charge in [0.15, 0.2) is 0 Å². The fourth-order valence-corrected chi connectivity index (χ4v) is 4.93. The Kier molecular flexibility index (Phi) is 5.88. The van der Waals surface area contributed by atoms with Gasteiger partial charge in [-0.05, 0) is 30.3 Å². The third kappa shape index (κ3) is 4.52. The lowest BCUT2D eigenvalue weighted by Crippen LogP contribution is -2.49. The number of aromatic nitrogens is 1. The van der Waals surface area contributed by atoms with Gasteiger partial charge in [0.05, 0.1) is 16.1 Å². The topological polar surface area (TPSA) is 100 Å². The van der Waals surface area contributed by atoms with Crippen LogP contribution in [-0.2, 0) is 10.0 Å². The van der Waals surface area contributed by atoms with Gasteiger partial charge in [0.25, 0.3) is 0 Å². The maximum Gasteiger partial charge on any atom is 0.337 e. The first-order valence-electron chi connectivity index (χ1n) is 9.71. The Morgan fingerprint density at radius 2 is 1.68 bits per heavy atom. The summed E-state index contributed by atoms with van der Waals surface area (Å²) in [5.74, 6) is -0.244. The molecule has 9 heteroatoms. The lowest BCUT2D eigenvalue weighted by atomic mass is 10.1. The molecule has 160 valence electrons. The predicted octanol–water partition coefficient (Wildman–Crippen LogP) is 3.08. The van der Waals surface area contributed by atoms with Gasteiger partial charge >= 0.3 is 5.97 Å². The number of sulfonamides is 1. The number of hydrogen-bond donors (Lipinski definition) is 1. The Hall–Kier alpha value is -3.43. The van der Waals surface area contributed by atoms with Crippen molar-refractivity contribution < 1.29 is 23.1 Å². The molecule has 0 bridgehead atoms. The Morgan fingerprint density at radius 3 is 2.39 bits per heavy atom. The number of anilines is 1. The first kappa shape index (κ1) is 20.8. The number of hydrogen-bond acceptors (Lipinski definition) is 6. The summed E-state index contributed by atoms with van der Waals surface area (Å²) in [5, 5.41) is 9.41. The molecular weight excluding hydrogens is 418 g/mol. The molecule has 31 heavy (non-hydrogen) atoms. The lowest BCUT2D eigenvalue weighted by Gasteiger charge is -2.36. The Labute approximate surface area is 180 Å². The summed E-state index contributed by atoms with van der Waals surface area (Å²) in [6.07, 6.45) is 1.60. The highest BCUT2D eigenvalue weighted by Crippen LogP contribution is 2.27. The highest BCUT2D eigenvalue weighted by molar-refractivity contribution is 7.89. The standard InChI is InChI=1S/C22H21N3O5S/c26-22(27)19-8-1-2-9-20(19)24-12-14-25(15-13-24)31(28,29)18-7-5-6-17(16-18)30-21-10-3-4-11-23-21/h1-11,16H,12-15H2,(H,26,27). The molecule has 4 rings (SSSR count). The second-order valence-electron chi connectivity index (χ2n) is 6.96. The number of pyridine rings is 1. The van der Waals surface area contributed by atoms with Crippen LogP contribution in [0.2, 0.25) is 0 Å². The van der Waals surface area contributed by atoms with Crippen molar-refractivity contribution >= 4 is 21.7 Å². The average Bonchev–Trinajstić information content (AvgIpc) is 2.80. The van der Waals surface area contributed by atoms with Crippen LogP contribution >= 0.6 is 0 Å². The molecule has 1 N–H and O–H groups in total. The van der Waals surface area contributed by atoms with Crippen LogP contribution in [0, 0.1) is 0 Å². The molecule has 2 heterocycles. The number of ether oxygens (including phenoxy) is 1. The predicted molar refractivity (Wildman–Crippen MR) is 115 cm³/mol. The summed E-state index contributed by atoms with van der Waals surface area (Å²) < 4.78 is 33.4. The van der Waals surface area contributed by atoms with E-state index in [1.807, 2.05) is 4.90 Å². The zero-order valence-corrected chi connectivity index (χ0v) is 17.4. The number of rotatable bonds is 6. The molecule has 0 atom stereocenters. The zero-order chi connectivity index (χ0) is 21.8. The van der Waals surface area contributed by atoms with E-state index in [1.165, 1.54) is 16.4 Å². The van der Waals surface area contributed by atoms with Gasteiger partial charge in [0, 0.05) is 44.5 Å². The molecule has 2 aromatic carbocycles. The fraction of sp³-hybridized carbons (Fsp3) is 0.182. The molecular formula is C22H21N3O5S. The number of benzene rings is 2. The van der Waals surface area contributed by atoms with Gasteiger partial charge in [-0.3, -0.25) is 0 Å². The molecule has 3 aromatic rings. The summed E-state index contributed by atoms with van der Waals surface area (Å²) in [6.45, 7) is 1.30. The number of nitrogens with zero attached hydrogens (tertiary/aromatic N) is 3. The zero-order valence-electron chi connectivity index (χ0n) is 16.6. The van der Waals surface area contributed by atoms with Crippen LogP contribution in [0.5, 0.6) is 11.6 Å². The van der Waals surface area contributed by atoms with Gasteiger partial charge in [-0.1, -0.05) is 24.3 Å². The number of carboxylic acids is 1. The van der Waals surface area contributed by atoms with Crippen molar-refractivity contribution in [3.8, 4) is 11.6 Å². The van der Waals surface area contributed by atoms with E-state index in [2.05, 4.69) is 4.98 Å². The van der Waals surface area contributed by atoms with Crippen LogP contribution in [0.1, 0.15) is 10.4 Å². The summed E-state index contributed by atoms with van der Waals surface area (Å²) in [4.78, 5) is 17.6. The van der Waals surface area contributed by atoms with Gasteiger partial charge in [-0.2, -0.15) is 4.31 Å². The smallest absolute Gasteiger partial charge is 0.337 e. The second kappa shape index (κ2) is 8.75. The van der Waals surface area contributed by atoms with Crippen molar-refractivity contribution in [2.75, 3.05) is 31.1 Å². The molecule has 0 unspecified atom stereocenters. The first-order valence-corrected chi connectivity index (χ1v) is 11.2. The maximum atomic E-state index is 13.2. The number of para-hydroxylation sites is 1. The van der Waals surface area contributed by atoms with E-state index in [1.54, 1.807) is 60.8 Å². The summed E-state index contributed by atoms with van der Waals surface area (Å²) in [6, 6.07) is 18.3. The van der Waals surface area contributed by atoms with E-state index in [-0.39, 0.29) is 23.5 Å². The van der Waals surface area contributed by atoms with Crippen LogP contribution in [0.3, 0.4) is 0 Å². The van der Waals surface area contributed by atoms with Gasteiger partial charge in [-0.15, -0.1) is 0 Å². The minimum Gasteiger partial charge on any atom is -0.478 e. The van der Waals surface area contributed by atoms with Crippen LogP contribution in [-0.4, -0.2) is 55.0 Å². The normalized spacial score (nSPS) is 14.9. The molecule has 0 aliphatic carbocycles. The SMILES string of the molecule is O=C(O)c1ccccc1N1CCN(S(=O)(=O)c2cccc(Oc3ccccn3)c2)CC1. The van der Waals surface area contributed by atoms with Crippen LogP contribution in [0.25, 0.3) is 0 Å². The monoisotopic (exact) mass is 439 g/mol. The highest BCUT2D eigenvalue weighted by Gasteiger charge is 2.30. The molecule has 8 nitrogen and oxygen atoms in total. The Bertz CT molecular complexity index is 1180. The Morgan fingerprint density at radius 1 is 0.935 bits per heavy atom. The highest BCUT2D eigenvalue weighted by atomic mass is 32.2. The second-order valence-corrected chi connectivity index (χ2v) is 8.90. The van der Waals surface area contributed by atoms with Gasteiger partial charge in [0.2, 0.25) is 15.9 Å². The average molecular weight is 439 g/mol. The summed E-state index contributed by atoms with van der Waals surface area (Å²) in [7, 11) is -3.72. The van der Waals surface area contributed by atoms with Crippen LogP contribution < -0.4 is 9.64 Å². The number of carbonyl (C=O) groups is 1. The minimum absolute atomic E-state index is 0.139. The van der Waals surface area contributed by atoms with Crippen molar-refractivity contribution in [2.24, 2.45) is 0 Å². The molecule has 1 aliphatic rings. The molecule has 1 aromatic heterocycles. The van der Waals surface area contributed by atoms with Gasteiger partial charge in [-0.25, -0.2) is 18.2 Å². The molecule has 1 saturated heterocycles. The van der Waals surface area contributed by atoms with E-state index < -0.39 is 16.0 Å². The third-order valence-corrected chi connectivity index (χ3v) is 6.91. The van der Waals surface area contributed by atoms with Crippen molar-refractivity contribution in [1.29, 1.82) is 0 Å². The molecule has 0 radical (unpaired) electrons. The molecule has 0 saturated carbocycles. The van der Waals surface area contributed by atoms with E-state index in [0.717, 1.165) is 0 Å². The van der Waals surface area contributed by atoms with E-state index in [9.17, 15) is 18.3 Å². The number of aromatic carboxylic acids is 1. The van der Waals surface area contributed by atoms with Crippen molar-refractivity contribution in [2.45, 2.75) is 4.90 Å². The van der Waals surface area contributed by atoms with Gasteiger partial charge in [0.1, 0.15) is 5.75 Å². The van der Waals surface area contributed by atoms with Crippen molar-refractivity contribution in [3.63, 3.8) is 0 Å². The summed E-state index contributed by atoms with van der Waals surface area (Å²) >= 11 is 0. The third-order valence-electron chi connectivity index (χ3n) is 5.02. The first-order chi connectivity index (χ1) is 14.9. The largest absolute Gasteiger partial charge is 0.478 e. The van der Waals surface area contributed by atoms with Crippen molar-refractivity contribution in [3.05, 3.63) is 78.5 Å². The number of piperazine rings is 1. The van der Waals surface area contributed by atoms with E-state index in [4.69, 9.17) is 4.74 Å². The molecule has 1 fully saturated rings. The molecule has 0 spiro atoms. The number of carboxylic acid groups (broad SMARTS) is 1. The lowest BCUT2D eigenvalue weighted by molar-refractivity contribution is 0.0697. The fourth-order valence-electron chi connectivity index (χ4n) is 3.48. The Balaban J connectivity index is 1.49. The van der Waals surface area contributed by atoms with E-state index >= 15 is 0 Å². The minimum atomic E-state index is -3.72. The quantitative estimate of drug-likeness (QED) is 0.630. The molecule has 0 amide bonds. The summed E-state index contributed by atoms with van der Waals surface area (Å²) in [5.41, 5.74) is 0.802. The van der Waals surface area contributed by atoms with Crippen LogP contribution in [0.15, 0.2) is 77.8 Å². The van der Waals surface area contributed by atoms with Crippen LogP contribution in [0.4, 0.5) is 5.69 Å². The van der Waals surface area contributed by atoms with Gasteiger partial charge < -0.3 is 14.7 Å². The van der Waals surface area contributed by atoms with Crippen molar-refractivity contribution in [1.82, 2.24) is 9.29 Å². The molecule has 1 aliphatic heterocycles.